The monoisotopic (exact) mass is 411 g/mol. The first-order chi connectivity index (χ1) is 13.8. The molecule has 0 bridgehead atoms. The van der Waals surface area contributed by atoms with Crippen molar-refractivity contribution >= 4 is 29.6 Å². The Hall–Kier alpha value is -2.59. The van der Waals surface area contributed by atoms with Gasteiger partial charge in [-0.1, -0.05) is 41.4 Å². The standard InChI is InChI=1S/C24H26ClNO3/c1-5-29-23(28)24(13-17-9-10-19(25)12-18(17)14-24)26-22(27)20-8-6-7-16(4)21(20)11-15(2)3/h6-12H,5,13-14H2,1-4H3,(H,26,27). The van der Waals surface area contributed by atoms with Crippen molar-refractivity contribution in [2.24, 2.45) is 0 Å². The molecule has 0 aliphatic heterocycles. The van der Waals surface area contributed by atoms with E-state index in [1.54, 1.807) is 19.1 Å². The minimum absolute atomic E-state index is 0.251. The summed E-state index contributed by atoms with van der Waals surface area (Å²) in [4.78, 5) is 26.2. The van der Waals surface area contributed by atoms with E-state index in [0.717, 1.165) is 27.8 Å². The lowest BCUT2D eigenvalue weighted by atomic mass is 9.93. The van der Waals surface area contributed by atoms with Crippen molar-refractivity contribution in [2.75, 3.05) is 6.61 Å². The van der Waals surface area contributed by atoms with Gasteiger partial charge in [0.05, 0.1) is 6.61 Å². The summed E-state index contributed by atoms with van der Waals surface area (Å²) in [5, 5.41) is 3.63. The lowest BCUT2D eigenvalue weighted by Crippen LogP contribution is -2.56. The number of rotatable bonds is 5. The Labute approximate surface area is 176 Å². The molecule has 1 unspecified atom stereocenters. The summed E-state index contributed by atoms with van der Waals surface area (Å²) >= 11 is 6.14. The molecule has 1 N–H and O–H groups in total. The molecular weight excluding hydrogens is 386 g/mol. The average molecular weight is 412 g/mol. The van der Waals surface area contributed by atoms with Gasteiger partial charge in [-0.15, -0.1) is 0 Å². The molecular formula is C24H26ClNO3. The summed E-state index contributed by atoms with van der Waals surface area (Å²) < 4.78 is 5.35. The highest BCUT2D eigenvalue weighted by atomic mass is 35.5. The Morgan fingerprint density at radius 1 is 1.17 bits per heavy atom. The quantitative estimate of drug-likeness (QED) is 0.712. The van der Waals surface area contributed by atoms with Crippen molar-refractivity contribution in [3.8, 4) is 0 Å². The van der Waals surface area contributed by atoms with Gasteiger partial charge in [0.2, 0.25) is 0 Å². The third-order valence-corrected chi connectivity index (χ3v) is 5.41. The molecule has 29 heavy (non-hydrogen) atoms. The van der Waals surface area contributed by atoms with Crippen LogP contribution in [0.5, 0.6) is 0 Å². The van der Waals surface area contributed by atoms with E-state index in [1.165, 1.54) is 0 Å². The van der Waals surface area contributed by atoms with E-state index in [2.05, 4.69) is 5.32 Å². The second kappa shape index (κ2) is 8.42. The maximum atomic E-state index is 13.3. The second-order valence-corrected chi connectivity index (χ2v) is 8.22. The van der Waals surface area contributed by atoms with Crippen molar-refractivity contribution in [3.05, 3.63) is 74.8 Å². The second-order valence-electron chi connectivity index (χ2n) is 7.78. The predicted molar refractivity (Wildman–Crippen MR) is 116 cm³/mol. The highest BCUT2D eigenvalue weighted by Gasteiger charge is 2.46. The van der Waals surface area contributed by atoms with E-state index in [-0.39, 0.29) is 12.5 Å². The Kier molecular flexibility index (Phi) is 6.13. The number of hydrogen-bond acceptors (Lipinski definition) is 3. The van der Waals surface area contributed by atoms with Crippen LogP contribution in [0.15, 0.2) is 42.0 Å². The number of aryl methyl sites for hydroxylation is 1. The summed E-state index contributed by atoms with van der Waals surface area (Å²) in [6.07, 6.45) is 2.73. The van der Waals surface area contributed by atoms with E-state index < -0.39 is 11.5 Å². The summed E-state index contributed by atoms with van der Waals surface area (Å²) in [6, 6.07) is 11.2. The Bertz CT molecular complexity index is 992. The molecule has 5 heteroatoms. The highest BCUT2D eigenvalue weighted by molar-refractivity contribution is 6.30. The molecule has 0 spiro atoms. The molecule has 3 rings (SSSR count). The van der Waals surface area contributed by atoms with Crippen LogP contribution in [0.3, 0.4) is 0 Å². The maximum Gasteiger partial charge on any atom is 0.332 e. The topological polar surface area (TPSA) is 55.4 Å². The van der Waals surface area contributed by atoms with Gasteiger partial charge in [0, 0.05) is 23.4 Å². The molecule has 1 atom stereocenters. The molecule has 0 fully saturated rings. The fourth-order valence-electron chi connectivity index (χ4n) is 3.84. The number of allylic oxidation sites excluding steroid dienone is 1. The lowest BCUT2D eigenvalue weighted by molar-refractivity contribution is -0.150. The number of benzene rings is 2. The minimum atomic E-state index is -1.13. The van der Waals surface area contributed by atoms with Gasteiger partial charge in [-0.2, -0.15) is 0 Å². The van der Waals surface area contributed by atoms with Gasteiger partial charge in [0.25, 0.3) is 5.91 Å². The van der Waals surface area contributed by atoms with Crippen LogP contribution in [0, 0.1) is 6.92 Å². The lowest BCUT2D eigenvalue weighted by Gasteiger charge is -2.28. The van der Waals surface area contributed by atoms with E-state index in [0.29, 0.717) is 23.4 Å². The molecule has 1 amide bonds. The van der Waals surface area contributed by atoms with Crippen LogP contribution in [-0.4, -0.2) is 24.0 Å². The third-order valence-electron chi connectivity index (χ3n) is 5.17. The van der Waals surface area contributed by atoms with Gasteiger partial charge in [0.1, 0.15) is 5.54 Å². The number of amides is 1. The summed E-state index contributed by atoms with van der Waals surface area (Å²) in [5.74, 6) is -0.703. The molecule has 2 aromatic carbocycles. The largest absolute Gasteiger partial charge is 0.464 e. The third kappa shape index (κ3) is 4.38. The minimum Gasteiger partial charge on any atom is -0.464 e. The molecule has 0 aromatic heterocycles. The van der Waals surface area contributed by atoms with Crippen molar-refractivity contribution in [2.45, 2.75) is 46.1 Å². The number of carbonyl (C=O) groups excluding carboxylic acids is 2. The molecule has 152 valence electrons. The van der Waals surface area contributed by atoms with Crippen LogP contribution in [0.4, 0.5) is 0 Å². The number of fused-ring (bicyclic) bond motifs is 1. The summed E-state index contributed by atoms with van der Waals surface area (Å²) in [5.41, 5.74) is 4.33. The van der Waals surface area contributed by atoms with Crippen LogP contribution in [0.25, 0.3) is 6.08 Å². The molecule has 4 nitrogen and oxygen atoms in total. The molecule has 1 aliphatic rings. The van der Waals surface area contributed by atoms with Crippen LogP contribution in [-0.2, 0) is 22.4 Å². The van der Waals surface area contributed by atoms with Crippen LogP contribution < -0.4 is 5.32 Å². The van der Waals surface area contributed by atoms with E-state index in [4.69, 9.17) is 16.3 Å². The highest BCUT2D eigenvalue weighted by Crippen LogP contribution is 2.33. The van der Waals surface area contributed by atoms with Gasteiger partial charge in [-0.05, 0) is 68.1 Å². The number of halogens is 1. The number of esters is 1. The van der Waals surface area contributed by atoms with Crippen LogP contribution >= 0.6 is 11.6 Å². The Morgan fingerprint density at radius 3 is 2.59 bits per heavy atom. The smallest absolute Gasteiger partial charge is 0.332 e. The van der Waals surface area contributed by atoms with Crippen LogP contribution in [0.1, 0.15) is 53.4 Å². The maximum absolute atomic E-state index is 13.3. The Morgan fingerprint density at radius 2 is 1.90 bits per heavy atom. The van der Waals surface area contributed by atoms with Crippen molar-refractivity contribution < 1.29 is 14.3 Å². The molecule has 0 heterocycles. The van der Waals surface area contributed by atoms with E-state index in [1.807, 2.05) is 51.1 Å². The van der Waals surface area contributed by atoms with Gasteiger partial charge in [-0.25, -0.2) is 4.79 Å². The van der Waals surface area contributed by atoms with Gasteiger partial charge in [0.15, 0.2) is 0 Å². The number of nitrogens with one attached hydrogen (secondary N) is 1. The van der Waals surface area contributed by atoms with E-state index in [9.17, 15) is 9.59 Å². The SMILES string of the molecule is CCOC(=O)C1(NC(=O)c2cccc(C)c2C=C(C)C)Cc2ccc(Cl)cc2C1. The van der Waals surface area contributed by atoms with Crippen molar-refractivity contribution in [1.29, 1.82) is 0 Å². The molecule has 1 aliphatic carbocycles. The summed E-state index contributed by atoms with van der Waals surface area (Å²) in [6.45, 7) is 7.97. The first-order valence-corrected chi connectivity index (χ1v) is 10.1. The van der Waals surface area contributed by atoms with Crippen LogP contribution in [0.2, 0.25) is 5.02 Å². The zero-order valence-corrected chi connectivity index (χ0v) is 18.0. The number of hydrogen-bond donors (Lipinski definition) is 1. The normalized spacial score (nSPS) is 17.4. The van der Waals surface area contributed by atoms with Gasteiger partial charge < -0.3 is 10.1 Å². The first-order valence-electron chi connectivity index (χ1n) is 9.77. The number of carbonyl (C=O) groups is 2. The molecule has 0 saturated carbocycles. The van der Waals surface area contributed by atoms with Gasteiger partial charge >= 0.3 is 5.97 Å². The zero-order valence-electron chi connectivity index (χ0n) is 17.3. The van der Waals surface area contributed by atoms with E-state index >= 15 is 0 Å². The average Bonchev–Trinajstić information content (AvgIpc) is 3.01. The fourth-order valence-corrected chi connectivity index (χ4v) is 4.04. The molecule has 0 saturated heterocycles. The van der Waals surface area contributed by atoms with Gasteiger partial charge in [-0.3, -0.25) is 4.79 Å². The fraction of sp³-hybridized carbons (Fsp3) is 0.333. The van der Waals surface area contributed by atoms with Crippen molar-refractivity contribution in [3.63, 3.8) is 0 Å². The first kappa shape index (κ1) is 21.1. The molecule has 0 radical (unpaired) electrons. The zero-order chi connectivity index (χ0) is 21.2. The summed E-state index contributed by atoms with van der Waals surface area (Å²) in [7, 11) is 0. The predicted octanol–water partition coefficient (Wildman–Crippen LogP) is 4.90. The number of ether oxygens (including phenoxy) is 1. The Balaban J connectivity index is 1.99. The molecule has 2 aromatic rings. The van der Waals surface area contributed by atoms with Crippen molar-refractivity contribution in [1.82, 2.24) is 5.32 Å².